The quantitative estimate of drug-likeness (QED) is 0.472. The van der Waals surface area contributed by atoms with Crippen molar-refractivity contribution in [3.8, 4) is 0 Å². The number of likely N-dealkylation sites (N-methyl/N-ethyl adjacent to an activating group) is 1. The average molecular weight is 190 g/mol. The van der Waals surface area contributed by atoms with Crippen molar-refractivity contribution >= 4 is 5.91 Å². The Labute approximate surface area is 78.4 Å². The van der Waals surface area contributed by atoms with E-state index in [1.165, 1.54) is 6.92 Å². The molecule has 0 aliphatic carbocycles. The molecule has 1 amide bonds. The molecule has 13 heavy (non-hydrogen) atoms. The van der Waals surface area contributed by atoms with Crippen LogP contribution in [0.15, 0.2) is 0 Å². The van der Waals surface area contributed by atoms with Crippen LogP contribution in [-0.2, 0) is 4.79 Å². The minimum atomic E-state index is -0.256. The van der Waals surface area contributed by atoms with Crippen molar-refractivity contribution in [3.63, 3.8) is 0 Å². The van der Waals surface area contributed by atoms with Gasteiger partial charge in [-0.3, -0.25) is 4.79 Å². The summed E-state index contributed by atoms with van der Waals surface area (Å²) in [4.78, 5) is 12.5. The van der Waals surface area contributed by atoms with Gasteiger partial charge in [-0.25, -0.2) is 0 Å². The van der Waals surface area contributed by atoms with Gasteiger partial charge in [0.25, 0.3) is 0 Å². The predicted octanol–water partition coefficient (Wildman–Crippen LogP) is -1.59. The van der Waals surface area contributed by atoms with E-state index in [2.05, 4.69) is 5.32 Å². The summed E-state index contributed by atoms with van der Waals surface area (Å²) < 4.78 is 0. The number of hydrogen-bond donors (Lipinski definition) is 3. The van der Waals surface area contributed by atoms with Gasteiger partial charge in [0.1, 0.15) is 0 Å². The normalized spacial score (nSPS) is 13.0. The van der Waals surface area contributed by atoms with Gasteiger partial charge in [-0.2, -0.15) is 0 Å². The number of rotatable bonds is 6. The molecule has 0 spiro atoms. The van der Waals surface area contributed by atoms with Crippen LogP contribution in [0.3, 0.4) is 0 Å². The van der Waals surface area contributed by atoms with Crippen molar-refractivity contribution in [1.29, 1.82) is 0 Å². The molecule has 0 unspecified atom stereocenters. The summed E-state index contributed by atoms with van der Waals surface area (Å²) in [7, 11) is 1.82. The van der Waals surface area contributed by atoms with Crippen LogP contribution in [0.2, 0.25) is 0 Å². The van der Waals surface area contributed by atoms with Crippen LogP contribution in [0.1, 0.15) is 6.92 Å². The fourth-order valence-corrected chi connectivity index (χ4v) is 1.07. The van der Waals surface area contributed by atoms with E-state index in [1.54, 1.807) is 0 Å². The van der Waals surface area contributed by atoms with Crippen LogP contribution in [0.4, 0.5) is 0 Å². The van der Waals surface area contributed by atoms with Crippen LogP contribution in [-0.4, -0.2) is 60.4 Å². The van der Waals surface area contributed by atoms with Crippen molar-refractivity contribution < 1.29 is 15.0 Å². The first-order valence-corrected chi connectivity index (χ1v) is 4.27. The molecular weight excluding hydrogens is 172 g/mol. The lowest BCUT2D eigenvalue weighted by atomic mass is 10.3. The predicted molar refractivity (Wildman–Crippen MR) is 49.3 cm³/mol. The van der Waals surface area contributed by atoms with Gasteiger partial charge in [-0.1, -0.05) is 0 Å². The number of nitrogens with one attached hydrogen (secondary N) is 1. The maximum Gasteiger partial charge on any atom is 0.217 e. The fraction of sp³-hybridized carbons (Fsp3) is 0.875. The smallest absolute Gasteiger partial charge is 0.217 e. The molecule has 3 N–H and O–H groups in total. The van der Waals surface area contributed by atoms with Gasteiger partial charge in [-0.05, 0) is 7.05 Å². The number of nitrogens with zero attached hydrogens (tertiary/aromatic N) is 1. The Morgan fingerprint density at radius 1 is 1.54 bits per heavy atom. The van der Waals surface area contributed by atoms with Gasteiger partial charge < -0.3 is 20.4 Å². The lowest BCUT2D eigenvalue weighted by Crippen LogP contribution is -2.44. The number of aliphatic hydroxyl groups excluding tert-OH is 2. The molecule has 0 fully saturated rings. The first kappa shape index (κ1) is 12.3. The number of carbonyl (C=O) groups is 1. The SMILES string of the molecule is CC(=O)N[C@@H](CO)CN(C)CCO. The summed E-state index contributed by atoms with van der Waals surface area (Å²) in [6.07, 6.45) is 0. The number of amides is 1. The molecule has 1 atom stereocenters. The lowest BCUT2D eigenvalue weighted by Gasteiger charge is -2.22. The Morgan fingerprint density at radius 3 is 2.54 bits per heavy atom. The third-order valence-corrected chi connectivity index (χ3v) is 1.64. The molecule has 0 aromatic rings. The van der Waals surface area contributed by atoms with Gasteiger partial charge in [0.15, 0.2) is 0 Å². The third-order valence-electron chi connectivity index (χ3n) is 1.64. The summed E-state index contributed by atoms with van der Waals surface area (Å²) in [6, 6.07) is -0.256. The Balaban J connectivity index is 3.75. The second kappa shape index (κ2) is 6.82. The van der Waals surface area contributed by atoms with Gasteiger partial charge in [0.2, 0.25) is 5.91 Å². The Kier molecular flexibility index (Phi) is 6.48. The molecule has 0 radical (unpaired) electrons. The third kappa shape index (κ3) is 6.51. The minimum absolute atomic E-state index is 0.0781. The molecule has 0 aromatic heterocycles. The fourth-order valence-electron chi connectivity index (χ4n) is 1.07. The van der Waals surface area contributed by atoms with Crippen LogP contribution in [0.25, 0.3) is 0 Å². The standard InChI is InChI=1S/C8H18N2O3/c1-7(13)9-8(6-12)5-10(2)3-4-11/h8,11-12H,3-6H2,1-2H3,(H,9,13)/t8-/m1/s1. The highest BCUT2D eigenvalue weighted by Gasteiger charge is 2.10. The summed E-state index contributed by atoms with van der Waals surface area (Å²) in [5.41, 5.74) is 0. The second-order valence-corrected chi connectivity index (χ2v) is 3.07. The molecule has 5 heteroatoms. The van der Waals surface area contributed by atoms with Crippen molar-refractivity contribution in [2.45, 2.75) is 13.0 Å². The zero-order valence-corrected chi connectivity index (χ0v) is 8.16. The van der Waals surface area contributed by atoms with Crippen LogP contribution < -0.4 is 5.32 Å². The summed E-state index contributed by atoms with van der Waals surface area (Å²) >= 11 is 0. The zero-order valence-electron chi connectivity index (χ0n) is 8.16. The highest BCUT2D eigenvalue weighted by atomic mass is 16.3. The van der Waals surface area contributed by atoms with E-state index >= 15 is 0 Å². The molecule has 0 aliphatic heterocycles. The highest BCUT2D eigenvalue weighted by molar-refractivity contribution is 5.73. The minimum Gasteiger partial charge on any atom is -0.395 e. The van der Waals surface area contributed by atoms with Crippen molar-refractivity contribution in [2.24, 2.45) is 0 Å². The van der Waals surface area contributed by atoms with Gasteiger partial charge in [-0.15, -0.1) is 0 Å². The summed E-state index contributed by atoms with van der Waals surface area (Å²) in [5.74, 6) is -0.156. The molecule has 0 aliphatic rings. The summed E-state index contributed by atoms with van der Waals surface area (Å²) in [6.45, 7) is 2.48. The molecule has 0 saturated heterocycles. The van der Waals surface area contributed by atoms with E-state index in [9.17, 15) is 4.79 Å². The number of carbonyl (C=O) groups excluding carboxylic acids is 1. The molecule has 0 rings (SSSR count). The first-order valence-electron chi connectivity index (χ1n) is 4.27. The molecule has 5 nitrogen and oxygen atoms in total. The van der Waals surface area contributed by atoms with E-state index < -0.39 is 0 Å². The molecule has 78 valence electrons. The van der Waals surface area contributed by atoms with Gasteiger partial charge >= 0.3 is 0 Å². The van der Waals surface area contributed by atoms with E-state index in [0.717, 1.165) is 0 Å². The Morgan fingerprint density at radius 2 is 2.15 bits per heavy atom. The molecule has 0 heterocycles. The maximum atomic E-state index is 10.7. The number of hydrogen-bond acceptors (Lipinski definition) is 4. The summed E-state index contributed by atoms with van der Waals surface area (Å²) in [5, 5.41) is 20.1. The average Bonchev–Trinajstić information content (AvgIpc) is 2.02. The maximum absolute atomic E-state index is 10.7. The van der Waals surface area contributed by atoms with Crippen LogP contribution in [0.5, 0.6) is 0 Å². The van der Waals surface area contributed by atoms with E-state index in [4.69, 9.17) is 10.2 Å². The number of aliphatic hydroxyl groups is 2. The van der Waals surface area contributed by atoms with E-state index in [-0.39, 0.29) is 25.2 Å². The second-order valence-electron chi connectivity index (χ2n) is 3.07. The lowest BCUT2D eigenvalue weighted by molar-refractivity contribution is -0.120. The largest absolute Gasteiger partial charge is 0.395 e. The highest BCUT2D eigenvalue weighted by Crippen LogP contribution is 1.88. The van der Waals surface area contributed by atoms with Crippen molar-refractivity contribution in [2.75, 3.05) is 33.4 Å². The molecular formula is C8H18N2O3. The van der Waals surface area contributed by atoms with Gasteiger partial charge in [0, 0.05) is 20.0 Å². The molecule has 0 bridgehead atoms. The van der Waals surface area contributed by atoms with Crippen molar-refractivity contribution in [3.05, 3.63) is 0 Å². The first-order chi connectivity index (χ1) is 6.10. The molecule has 0 aromatic carbocycles. The van der Waals surface area contributed by atoms with Gasteiger partial charge in [0.05, 0.1) is 19.3 Å². The van der Waals surface area contributed by atoms with E-state index in [1.807, 2.05) is 11.9 Å². The Bertz CT molecular complexity index is 152. The van der Waals surface area contributed by atoms with Crippen molar-refractivity contribution in [1.82, 2.24) is 10.2 Å². The topological polar surface area (TPSA) is 72.8 Å². The monoisotopic (exact) mass is 190 g/mol. The van der Waals surface area contributed by atoms with E-state index in [0.29, 0.717) is 13.1 Å². The Hall–Kier alpha value is -0.650. The zero-order chi connectivity index (χ0) is 10.3. The van der Waals surface area contributed by atoms with Crippen LogP contribution in [0, 0.1) is 0 Å². The molecule has 0 saturated carbocycles. The van der Waals surface area contributed by atoms with Crippen LogP contribution >= 0.6 is 0 Å².